The van der Waals surface area contributed by atoms with Crippen molar-refractivity contribution in [2.75, 3.05) is 25.2 Å². The lowest BCUT2D eigenvalue weighted by Gasteiger charge is -2.33. The maximum Gasteiger partial charge on any atom is 0.265 e. The third-order valence-electron chi connectivity index (χ3n) is 3.15. The first-order valence-corrected chi connectivity index (χ1v) is 6.38. The smallest absolute Gasteiger partial charge is 0.265 e. The molecule has 104 valence electrons. The summed E-state index contributed by atoms with van der Waals surface area (Å²) in [6, 6.07) is 5.57. The van der Waals surface area contributed by atoms with Gasteiger partial charge in [0.2, 0.25) is 0 Å². The third-order valence-corrected chi connectivity index (χ3v) is 3.15. The van der Waals surface area contributed by atoms with Gasteiger partial charge in [-0.3, -0.25) is 4.79 Å². The Bertz CT molecular complexity index is 474. The molecule has 2 rings (SSSR count). The fourth-order valence-electron chi connectivity index (χ4n) is 2.26. The first kappa shape index (κ1) is 13.8. The highest BCUT2D eigenvalue weighted by Crippen LogP contribution is 2.35. The van der Waals surface area contributed by atoms with Crippen LogP contribution >= 0.6 is 0 Å². The zero-order chi connectivity index (χ0) is 14.0. The topological polar surface area (TPSA) is 64.8 Å². The first-order valence-electron chi connectivity index (χ1n) is 6.38. The zero-order valence-corrected chi connectivity index (χ0v) is 11.6. The highest BCUT2D eigenvalue weighted by atomic mass is 16.5. The van der Waals surface area contributed by atoms with Crippen LogP contribution in [0.15, 0.2) is 18.2 Å². The van der Waals surface area contributed by atoms with E-state index in [0.717, 1.165) is 17.0 Å². The van der Waals surface area contributed by atoms with Gasteiger partial charge in [-0.25, -0.2) is 0 Å². The zero-order valence-electron chi connectivity index (χ0n) is 11.6. The van der Waals surface area contributed by atoms with Crippen LogP contribution in [0.2, 0.25) is 0 Å². The molecule has 0 bridgehead atoms. The Hall–Kier alpha value is -1.59. The van der Waals surface area contributed by atoms with Gasteiger partial charge >= 0.3 is 0 Å². The van der Waals surface area contributed by atoms with E-state index in [1.54, 1.807) is 12.0 Å². The normalized spacial score (nSPS) is 16.3. The number of carbonyl (C=O) groups is 1. The minimum atomic E-state index is -0.207. The molecule has 0 aliphatic carbocycles. The van der Waals surface area contributed by atoms with Gasteiger partial charge in [0, 0.05) is 13.2 Å². The number of benzene rings is 1. The van der Waals surface area contributed by atoms with Crippen molar-refractivity contribution in [2.45, 2.75) is 25.9 Å². The second kappa shape index (κ2) is 5.59. The average molecular weight is 264 g/mol. The van der Waals surface area contributed by atoms with Crippen LogP contribution in [0.25, 0.3) is 0 Å². The van der Waals surface area contributed by atoms with E-state index < -0.39 is 0 Å². The van der Waals surface area contributed by atoms with Crippen LogP contribution in [0.3, 0.4) is 0 Å². The molecule has 0 fully saturated rings. The second-order valence-electron chi connectivity index (χ2n) is 4.94. The van der Waals surface area contributed by atoms with Gasteiger partial charge in [-0.2, -0.15) is 0 Å². The van der Waals surface area contributed by atoms with Crippen molar-refractivity contribution in [3.05, 3.63) is 23.8 Å². The highest BCUT2D eigenvalue weighted by Gasteiger charge is 2.28. The molecule has 2 N–H and O–H groups in total. The molecule has 1 atom stereocenters. The van der Waals surface area contributed by atoms with Crippen molar-refractivity contribution in [3.63, 3.8) is 0 Å². The van der Waals surface area contributed by atoms with E-state index >= 15 is 0 Å². The summed E-state index contributed by atoms with van der Waals surface area (Å²) in [6.07, 6.45) is 0. The van der Waals surface area contributed by atoms with Gasteiger partial charge in [0.05, 0.1) is 18.3 Å². The molecule has 1 aromatic rings. The van der Waals surface area contributed by atoms with Crippen molar-refractivity contribution in [2.24, 2.45) is 5.73 Å². The Balaban J connectivity index is 2.38. The number of amides is 1. The van der Waals surface area contributed by atoms with Gasteiger partial charge in [0.15, 0.2) is 6.61 Å². The Morgan fingerprint density at radius 2 is 2.21 bits per heavy atom. The van der Waals surface area contributed by atoms with E-state index in [4.69, 9.17) is 15.2 Å². The monoisotopic (exact) mass is 264 g/mol. The van der Waals surface area contributed by atoms with Crippen molar-refractivity contribution < 1.29 is 14.3 Å². The second-order valence-corrected chi connectivity index (χ2v) is 4.94. The number of carbonyl (C=O) groups excluding carboxylic acids is 1. The quantitative estimate of drug-likeness (QED) is 0.894. The Kier molecular flexibility index (Phi) is 4.07. The van der Waals surface area contributed by atoms with E-state index in [2.05, 4.69) is 0 Å². The first-order chi connectivity index (χ1) is 9.04. The lowest BCUT2D eigenvalue weighted by atomic mass is 10.0. The minimum Gasteiger partial charge on any atom is -0.482 e. The number of anilines is 1. The third kappa shape index (κ3) is 2.72. The van der Waals surface area contributed by atoms with Crippen LogP contribution in [0, 0.1) is 0 Å². The van der Waals surface area contributed by atoms with E-state index in [9.17, 15) is 4.79 Å². The van der Waals surface area contributed by atoms with Crippen molar-refractivity contribution >= 4 is 11.6 Å². The number of rotatable bonds is 4. The molecule has 0 aromatic heterocycles. The van der Waals surface area contributed by atoms with Gasteiger partial charge in [0.1, 0.15) is 5.75 Å². The largest absolute Gasteiger partial charge is 0.482 e. The predicted molar refractivity (Wildman–Crippen MR) is 73.4 cm³/mol. The lowest BCUT2D eigenvalue weighted by molar-refractivity contribution is -0.121. The number of nitrogens with zero attached hydrogens (tertiary/aromatic N) is 1. The lowest BCUT2D eigenvalue weighted by Crippen LogP contribution is -2.43. The SMILES string of the molecule is COCC(N)c1ccc2c(c1)N(C(C)C)C(=O)CO2. The van der Waals surface area contributed by atoms with Crippen LogP contribution in [-0.4, -0.2) is 32.3 Å². The van der Waals surface area contributed by atoms with Crippen LogP contribution < -0.4 is 15.4 Å². The fourth-order valence-corrected chi connectivity index (χ4v) is 2.26. The van der Waals surface area contributed by atoms with Crippen LogP contribution in [0.5, 0.6) is 5.75 Å². The summed E-state index contributed by atoms with van der Waals surface area (Å²) in [5.41, 5.74) is 7.75. The summed E-state index contributed by atoms with van der Waals surface area (Å²) < 4.78 is 10.5. The van der Waals surface area contributed by atoms with E-state index in [-0.39, 0.29) is 24.6 Å². The van der Waals surface area contributed by atoms with E-state index in [1.165, 1.54) is 0 Å². The summed E-state index contributed by atoms with van der Waals surface area (Å²) in [6.45, 7) is 4.49. The minimum absolute atomic E-state index is 0.0278. The number of methoxy groups -OCH3 is 1. The maximum absolute atomic E-state index is 12.0. The number of ether oxygens (including phenoxy) is 2. The van der Waals surface area contributed by atoms with Gasteiger partial charge in [0.25, 0.3) is 5.91 Å². The fraction of sp³-hybridized carbons (Fsp3) is 0.500. The molecule has 1 amide bonds. The molecule has 0 spiro atoms. The van der Waals surface area contributed by atoms with Crippen LogP contribution in [0.4, 0.5) is 5.69 Å². The van der Waals surface area contributed by atoms with Crippen LogP contribution in [-0.2, 0) is 9.53 Å². The Morgan fingerprint density at radius 1 is 1.47 bits per heavy atom. The molecule has 5 nitrogen and oxygen atoms in total. The standard InChI is InChI=1S/C14H20N2O3/c1-9(2)16-12-6-10(11(15)7-18-3)4-5-13(12)19-8-14(16)17/h4-6,9,11H,7-8,15H2,1-3H3. The molecule has 1 unspecified atom stereocenters. The number of nitrogens with two attached hydrogens (primary N) is 1. The molecule has 1 aromatic carbocycles. The maximum atomic E-state index is 12.0. The van der Waals surface area contributed by atoms with Crippen molar-refractivity contribution in [1.29, 1.82) is 0 Å². The van der Waals surface area contributed by atoms with E-state index in [1.807, 2.05) is 32.0 Å². The summed E-state index contributed by atoms with van der Waals surface area (Å²) in [7, 11) is 1.62. The number of hydrogen-bond acceptors (Lipinski definition) is 4. The molecular formula is C14H20N2O3. The molecule has 1 aliphatic heterocycles. The summed E-state index contributed by atoms with van der Waals surface area (Å²) in [4.78, 5) is 13.7. The molecule has 0 radical (unpaired) electrons. The number of fused-ring (bicyclic) bond motifs is 1. The van der Waals surface area contributed by atoms with Gasteiger partial charge < -0.3 is 20.1 Å². The highest BCUT2D eigenvalue weighted by molar-refractivity contribution is 5.98. The Labute approximate surface area is 113 Å². The molecule has 5 heteroatoms. The van der Waals surface area contributed by atoms with Crippen molar-refractivity contribution in [1.82, 2.24) is 0 Å². The molecule has 0 saturated carbocycles. The summed E-state index contributed by atoms with van der Waals surface area (Å²) in [5.74, 6) is 0.696. The molecule has 1 heterocycles. The van der Waals surface area contributed by atoms with Gasteiger partial charge in [-0.05, 0) is 31.5 Å². The number of hydrogen-bond donors (Lipinski definition) is 1. The van der Waals surface area contributed by atoms with Gasteiger partial charge in [-0.15, -0.1) is 0 Å². The van der Waals surface area contributed by atoms with Crippen LogP contribution in [0.1, 0.15) is 25.5 Å². The predicted octanol–water partition coefficient (Wildman–Crippen LogP) is 1.47. The summed E-state index contributed by atoms with van der Waals surface area (Å²) >= 11 is 0. The molecule has 19 heavy (non-hydrogen) atoms. The molecule has 1 aliphatic rings. The molecule has 0 saturated heterocycles. The van der Waals surface area contributed by atoms with Gasteiger partial charge in [-0.1, -0.05) is 6.07 Å². The summed E-state index contributed by atoms with van der Waals surface area (Å²) in [5, 5.41) is 0. The van der Waals surface area contributed by atoms with Crippen molar-refractivity contribution in [3.8, 4) is 5.75 Å². The Morgan fingerprint density at radius 3 is 2.84 bits per heavy atom. The van der Waals surface area contributed by atoms with E-state index in [0.29, 0.717) is 6.61 Å². The molecular weight excluding hydrogens is 244 g/mol. The average Bonchev–Trinajstić information content (AvgIpc) is 2.37.